The lowest BCUT2D eigenvalue weighted by Crippen LogP contribution is -2.23. The van der Waals surface area contributed by atoms with Crippen LogP contribution in [-0.2, 0) is 0 Å². The first kappa shape index (κ1) is 15.1. The molecule has 3 aromatic rings. The Morgan fingerprint density at radius 1 is 0.792 bits per heavy atom. The monoisotopic (exact) mass is 318 g/mol. The number of hydrogen-bond acceptors (Lipinski definition) is 3. The van der Waals surface area contributed by atoms with Crippen molar-refractivity contribution in [2.45, 2.75) is 25.8 Å². The second kappa shape index (κ2) is 6.57. The number of aromatic nitrogens is 3. The van der Waals surface area contributed by atoms with Crippen LogP contribution in [0, 0.1) is 0 Å². The maximum absolute atomic E-state index is 3.85. The molecule has 1 saturated heterocycles. The van der Waals surface area contributed by atoms with Crippen LogP contribution in [-0.4, -0.2) is 32.8 Å². The Labute approximate surface area is 142 Å². The summed E-state index contributed by atoms with van der Waals surface area (Å²) in [6, 6.07) is 18.0. The van der Waals surface area contributed by atoms with Gasteiger partial charge >= 0.3 is 0 Å². The fourth-order valence-corrected chi connectivity index (χ4v) is 3.45. The fraction of sp³-hybridized carbons (Fsp3) is 0.300. The Kier molecular flexibility index (Phi) is 4.13. The van der Waals surface area contributed by atoms with Gasteiger partial charge in [0.25, 0.3) is 0 Å². The summed E-state index contributed by atoms with van der Waals surface area (Å²) < 4.78 is 1.91. The SMILES string of the molecule is CC(c1ccc(-c2ccc(-n3cnnc3)cc2)cc1)N1CCCC1. The van der Waals surface area contributed by atoms with Gasteiger partial charge in [-0.1, -0.05) is 36.4 Å². The van der Waals surface area contributed by atoms with Crippen LogP contribution in [0.3, 0.4) is 0 Å². The van der Waals surface area contributed by atoms with Crippen molar-refractivity contribution < 1.29 is 0 Å². The number of likely N-dealkylation sites (tertiary alicyclic amines) is 1. The van der Waals surface area contributed by atoms with Crippen LogP contribution in [0.5, 0.6) is 0 Å². The molecule has 0 amide bonds. The van der Waals surface area contributed by atoms with Gasteiger partial charge < -0.3 is 0 Å². The molecule has 1 aliphatic rings. The summed E-state index contributed by atoms with van der Waals surface area (Å²) in [5, 5.41) is 7.69. The molecule has 0 saturated carbocycles. The molecule has 2 heterocycles. The summed E-state index contributed by atoms with van der Waals surface area (Å²) in [7, 11) is 0. The van der Waals surface area contributed by atoms with Gasteiger partial charge in [-0.3, -0.25) is 9.47 Å². The summed E-state index contributed by atoms with van der Waals surface area (Å²) in [5.74, 6) is 0. The lowest BCUT2D eigenvalue weighted by atomic mass is 10.0. The van der Waals surface area contributed by atoms with E-state index < -0.39 is 0 Å². The fourth-order valence-electron chi connectivity index (χ4n) is 3.45. The van der Waals surface area contributed by atoms with Gasteiger partial charge in [0.05, 0.1) is 0 Å². The van der Waals surface area contributed by atoms with E-state index in [0.717, 1.165) is 5.69 Å². The summed E-state index contributed by atoms with van der Waals surface area (Å²) in [5.41, 5.74) is 4.96. The Bertz CT molecular complexity index is 770. The summed E-state index contributed by atoms with van der Waals surface area (Å²) >= 11 is 0. The molecule has 1 unspecified atom stereocenters. The van der Waals surface area contributed by atoms with Gasteiger partial charge in [-0.05, 0) is 61.7 Å². The van der Waals surface area contributed by atoms with Gasteiger partial charge in [0, 0.05) is 11.7 Å². The molecule has 24 heavy (non-hydrogen) atoms. The molecule has 0 aliphatic carbocycles. The molecule has 2 aromatic carbocycles. The van der Waals surface area contributed by atoms with Gasteiger partial charge in [-0.15, -0.1) is 10.2 Å². The number of rotatable bonds is 4. The van der Waals surface area contributed by atoms with Crippen molar-refractivity contribution >= 4 is 0 Å². The molecule has 4 rings (SSSR count). The Morgan fingerprint density at radius 3 is 1.92 bits per heavy atom. The van der Waals surface area contributed by atoms with Gasteiger partial charge in [0.2, 0.25) is 0 Å². The van der Waals surface area contributed by atoms with E-state index in [1.54, 1.807) is 12.7 Å². The minimum absolute atomic E-state index is 0.512. The highest BCUT2D eigenvalue weighted by molar-refractivity contribution is 5.65. The van der Waals surface area contributed by atoms with Crippen molar-refractivity contribution in [3.63, 3.8) is 0 Å². The van der Waals surface area contributed by atoms with E-state index in [-0.39, 0.29) is 0 Å². The highest BCUT2D eigenvalue weighted by Gasteiger charge is 2.19. The Balaban J connectivity index is 1.52. The normalized spacial score (nSPS) is 16.4. The molecule has 1 aromatic heterocycles. The van der Waals surface area contributed by atoms with Crippen molar-refractivity contribution in [1.29, 1.82) is 0 Å². The summed E-state index contributed by atoms with van der Waals surface area (Å²) in [6.07, 6.45) is 6.09. The average Bonchev–Trinajstić information content (AvgIpc) is 3.35. The van der Waals surface area contributed by atoms with Gasteiger partial charge in [0.15, 0.2) is 0 Å². The third-order valence-electron chi connectivity index (χ3n) is 5.00. The standard InChI is InChI=1S/C20H22N4/c1-16(23-12-2-3-13-23)17-4-6-18(7-5-17)19-8-10-20(11-9-19)24-14-21-22-15-24/h4-11,14-16H,2-3,12-13H2,1H3. The number of nitrogens with zero attached hydrogens (tertiary/aromatic N) is 4. The quantitative estimate of drug-likeness (QED) is 0.726. The maximum atomic E-state index is 3.85. The summed E-state index contributed by atoms with van der Waals surface area (Å²) in [4.78, 5) is 2.57. The molecule has 4 nitrogen and oxygen atoms in total. The van der Waals surface area contributed by atoms with Crippen molar-refractivity contribution in [3.8, 4) is 16.8 Å². The first-order valence-corrected chi connectivity index (χ1v) is 8.61. The van der Waals surface area contributed by atoms with E-state index in [1.807, 2.05) is 4.57 Å². The molecule has 0 radical (unpaired) electrons. The van der Waals surface area contributed by atoms with Crippen LogP contribution in [0.1, 0.15) is 31.4 Å². The molecular weight excluding hydrogens is 296 g/mol. The minimum Gasteiger partial charge on any atom is -0.297 e. The molecule has 0 N–H and O–H groups in total. The average molecular weight is 318 g/mol. The third kappa shape index (κ3) is 2.97. The van der Waals surface area contributed by atoms with Crippen LogP contribution in [0.4, 0.5) is 0 Å². The molecule has 1 aliphatic heterocycles. The first-order valence-electron chi connectivity index (χ1n) is 8.61. The predicted octanol–water partition coefficient (Wildman–Crippen LogP) is 4.09. The van der Waals surface area contributed by atoms with Crippen molar-refractivity contribution in [3.05, 3.63) is 66.7 Å². The van der Waals surface area contributed by atoms with E-state index >= 15 is 0 Å². The largest absolute Gasteiger partial charge is 0.297 e. The van der Waals surface area contributed by atoms with Crippen molar-refractivity contribution in [2.75, 3.05) is 13.1 Å². The predicted molar refractivity (Wildman–Crippen MR) is 96.0 cm³/mol. The topological polar surface area (TPSA) is 34.0 Å². The Morgan fingerprint density at radius 2 is 1.33 bits per heavy atom. The van der Waals surface area contributed by atoms with Gasteiger partial charge in [0.1, 0.15) is 12.7 Å². The van der Waals surface area contributed by atoms with Crippen molar-refractivity contribution in [2.24, 2.45) is 0 Å². The van der Waals surface area contributed by atoms with E-state index in [1.165, 1.54) is 42.6 Å². The maximum Gasteiger partial charge on any atom is 0.123 e. The first-order chi connectivity index (χ1) is 11.8. The molecule has 4 heteroatoms. The minimum atomic E-state index is 0.512. The third-order valence-corrected chi connectivity index (χ3v) is 5.00. The smallest absolute Gasteiger partial charge is 0.123 e. The van der Waals surface area contributed by atoms with E-state index in [2.05, 4.69) is 70.6 Å². The zero-order chi connectivity index (χ0) is 16.4. The van der Waals surface area contributed by atoms with Gasteiger partial charge in [-0.2, -0.15) is 0 Å². The molecule has 0 bridgehead atoms. The zero-order valence-electron chi connectivity index (χ0n) is 14.0. The number of hydrogen-bond donors (Lipinski definition) is 0. The lowest BCUT2D eigenvalue weighted by Gasteiger charge is -2.24. The van der Waals surface area contributed by atoms with E-state index in [9.17, 15) is 0 Å². The van der Waals surface area contributed by atoms with E-state index in [4.69, 9.17) is 0 Å². The molecule has 1 atom stereocenters. The van der Waals surface area contributed by atoms with Crippen LogP contribution < -0.4 is 0 Å². The molecular formula is C20H22N4. The van der Waals surface area contributed by atoms with Crippen LogP contribution in [0.25, 0.3) is 16.8 Å². The molecule has 122 valence electrons. The lowest BCUT2D eigenvalue weighted by molar-refractivity contribution is 0.263. The van der Waals surface area contributed by atoms with Crippen LogP contribution in [0.2, 0.25) is 0 Å². The highest BCUT2D eigenvalue weighted by atomic mass is 15.2. The zero-order valence-corrected chi connectivity index (χ0v) is 14.0. The summed E-state index contributed by atoms with van der Waals surface area (Å²) in [6.45, 7) is 4.77. The van der Waals surface area contributed by atoms with E-state index in [0.29, 0.717) is 6.04 Å². The Hall–Kier alpha value is -2.46. The molecule has 1 fully saturated rings. The molecule has 0 spiro atoms. The second-order valence-electron chi connectivity index (χ2n) is 6.46. The van der Waals surface area contributed by atoms with Gasteiger partial charge in [-0.25, -0.2) is 0 Å². The van der Waals surface area contributed by atoms with Crippen LogP contribution >= 0.6 is 0 Å². The second-order valence-corrected chi connectivity index (χ2v) is 6.46. The number of benzene rings is 2. The van der Waals surface area contributed by atoms with Crippen molar-refractivity contribution in [1.82, 2.24) is 19.7 Å². The highest BCUT2D eigenvalue weighted by Crippen LogP contribution is 2.27. The van der Waals surface area contributed by atoms with Crippen LogP contribution in [0.15, 0.2) is 61.2 Å².